The second-order valence-electron chi connectivity index (χ2n) is 5.84. The molecule has 1 unspecified atom stereocenters. The highest BCUT2D eigenvalue weighted by molar-refractivity contribution is 5.22. The van der Waals surface area contributed by atoms with Crippen LogP contribution in [-0.2, 0) is 5.41 Å². The number of pyridine rings is 1. The molecule has 0 fully saturated rings. The van der Waals surface area contributed by atoms with Gasteiger partial charge < -0.3 is 0 Å². The van der Waals surface area contributed by atoms with E-state index in [9.17, 15) is 0 Å². The number of nitrogens with zero attached hydrogens (tertiary/aromatic N) is 1. The monoisotopic (exact) mass is 219 g/mol. The lowest BCUT2D eigenvalue weighted by molar-refractivity contribution is 0.230. The van der Waals surface area contributed by atoms with Crippen LogP contribution in [-0.4, -0.2) is 4.98 Å². The van der Waals surface area contributed by atoms with E-state index in [0.717, 1.165) is 0 Å². The van der Waals surface area contributed by atoms with Crippen molar-refractivity contribution >= 4 is 0 Å². The van der Waals surface area contributed by atoms with Crippen molar-refractivity contribution in [3.8, 4) is 0 Å². The number of aromatic nitrogens is 1. The molecular formula is C15H25N. The van der Waals surface area contributed by atoms with Crippen molar-refractivity contribution in [2.45, 2.75) is 59.3 Å². The summed E-state index contributed by atoms with van der Waals surface area (Å²) < 4.78 is 0. The van der Waals surface area contributed by atoms with Crippen LogP contribution in [0.3, 0.4) is 0 Å². The van der Waals surface area contributed by atoms with Crippen LogP contribution in [0.25, 0.3) is 0 Å². The summed E-state index contributed by atoms with van der Waals surface area (Å²) in [4.78, 5) is 4.11. The zero-order chi connectivity index (χ0) is 12.2. The third kappa shape index (κ3) is 3.07. The third-order valence-corrected chi connectivity index (χ3v) is 3.98. The molecule has 1 aromatic rings. The van der Waals surface area contributed by atoms with Gasteiger partial charge in [-0.05, 0) is 41.4 Å². The van der Waals surface area contributed by atoms with Gasteiger partial charge in [0.15, 0.2) is 0 Å². The fourth-order valence-corrected chi connectivity index (χ4v) is 2.37. The Labute approximate surface area is 100 Å². The van der Waals surface area contributed by atoms with E-state index in [1.807, 2.05) is 12.4 Å². The van der Waals surface area contributed by atoms with Crippen LogP contribution < -0.4 is 0 Å². The van der Waals surface area contributed by atoms with Crippen LogP contribution in [0.1, 0.15) is 59.4 Å². The van der Waals surface area contributed by atoms with Crippen molar-refractivity contribution in [3.05, 3.63) is 30.1 Å². The number of hydrogen-bond donors (Lipinski definition) is 0. The van der Waals surface area contributed by atoms with Gasteiger partial charge in [-0.15, -0.1) is 0 Å². The van der Waals surface area contributed by atoms with E-state index in [0.29, 0.717) is 5.41 Å². The van der Waals surface area contributed by atoms with Crippen LogP contribution >= 0.6 is 0 Å². The van der Waals surface area contributed by atoms with Crippen molar-refractivity contribution in [2.75, 3.05) is 0 Å². The second-order valence-corrected chi connectivity index (χ2v) is 5.84. The fraction of sp³-hybridized carbons (Fsp3) is 0.667. The van der Waals surface area contributed by atoms with Crippen LogP contribution in [0.5, 0.6) is 0 Å². The van der Waals surface area contributed by atoms with E-state index < -0.39 is 0 Å². The van der Waals surface area contributed by atoms with Gasteiger partial charge in [0.1, 0.15) is 0 Å². The predicted molar refractivity (Wildman–Crippen MR) is 70.6 cm³/mol. The predicted octanol–water partition coefficient (Wildman–Crippen LogP) is 4.58. The van der Waals surface area contributed by atoms with Gasteiger partial charge in [0, 0.05) is 12.4 Å². The smallest absolute Gasteiger partial charge is 0.0270 e. The Bertz CT molecular complexity index is 315. The minimum Gasteiger partial charge on any atom is -0.265 e. The standard InChI is InChI=1S/C15H25N/c1-6-14(3,4)12-15(5,7-2)13-8-10-16-11-9-13/h8-11H,6-7,12H2,1-5H3. The SMILES string of the molecule is CCC(C)(C)CC(C)(CC)c1ccncc1. The minimum atomic E-state index is 0.280. The van der Waals surface area contributed by atoms with Crippen molar-refractivity contribution in [3.63, 3.8) is 0 Å². The molecule has 0 aliphatic rings. The lowest BCUT2D eigenvalue weighted by Gasteiger charge is -2.37. The van der Waals surface area contributed by atoms with Crippen LogP contribution in [0.2, 0.25) is 0 Å². The molecule has 16 heavy (non-hydrogen) atoms. The molecule has 0 bridgehead atoms. The second kappa shape index (κ2) is 4.99. The summed E-state index contributed by atoms with van der Waals surface area (Å²) in [6.45, 7) is 11.7. The Balaban J connectivity index is 2.95. The van der Waals surface area contributed by atoms with Gasteiger partial charge in [-0.3, -0.25) is 4.98 Å². The average Bonchev–Trinajstić information content (AvgIpc) is 2.29. The highest BCUT2D eigenvalue weighted by Crippen LogP contribution is 2.40. The van der Waals surface area contributed by atoms with Crippen LogP contribution in [0, 0.1) is 5.41 Å². The van der Waals surface area contributed by atoms with Crippen molar-refractivity contribution in [1.82, 2.24) is 4.98 Å². The molecule has 0 saturated heterocycles. The summed E-state index contributed by atoms with van der Waals surface area (Å²) in [5.74, 6) is 0. The molecule has 1 aromatic heterocycles. The molecule has 1 heterocycles. The van der Waals surface area contributed by atoms with E-state index in [4.69, 9.17) is 0 Å². The Morgan fingerprint density at radius 1 is 1.00 bits per heavy atom. The Kier molecular flexibility index (Phi) is 4.12. The van der Waals surface area contributed by atoms with Gasteiger partial charge in [0.25, 0.3) is 0 Å². The number of hydrogen-bond acceptors (Lipinski definition) is 1. The summed E-state index contributed by atoms with van der Waals surface area (Å²) in [6, 6.07) is 4.32. The molecule has 0 aliphatic carbocycles. The lowest BCUT2D eigenvalue weighted by atomic mass is 9.68. The largest absolute Gasteiger partial charge is 0.265 e. The quantitative estimate of drug-likeness (QED) is 0.706. The minimum absolute atomic E-state index is 0.280. The molecule has 0 aromatic carbocycles. The van der Waals surface area contributed by atoms with Gasteiger partial charge in [-0.2, -0.15) is 0 Å². The van der Waals surface area contributed by atoms with Gasteiger partial charge in [0.05, 0.1) is 0 Å². The average molecular weight is 219 g/mol. The zero-order valence-electron chi connectivity index (χ0n) is 11.4. The van der Waals surface area contributed by atoms with E-state index in [-0.39, 0.29) is 5.41 Å². The first-order chi connectivity index (χ1) is 7.43. The summed E-state index contributed by atoms with van der Waals surface area (Å²) in [7, 11) is 0. The summed E-state index contributed by atoms with van der Waals surface area (Å²) in [5, 5.41) is 0. The van der Waals surface area contributed by atoms with Crippen LogP contribution in [0.4, 0.5) is 0 Å². The fourth-order valence-electron chi connectivity index (χ4n) is 2.37. The molecule has 1 atom stereocenters. The molecule has 0 saturated carbocycles. The first kappa shape index (κ1) is 13.2. The summed E-state index contributed by atoms with van der Waals surface area (Å²) in [5.41, 5.74) is 2.11. The van der Waals surface area contributed by atoms with E-state index in [2.05, 4.69) is 51.7 Å². The molecule has 0 spiro atoms. The third-order valence-electron chi connectivity index (χ3n) is 3.98. The van der Waals surface area contributed by atoms with Gasteiger partial charge in [-0.25, -0.2) is 0 Å². The van der Waals surface area contributed by atoms with Gasteiger partial charge in [-0.1, -0.05) is 41.0 Å². The first-order valence-electron chi connectivity index (χ1n) is 6.34. The Morgan fingerprint density at radius 2 is 1.56 bits per heavy atom. The maximum atomic E-state index is 4.11. The molecule has 0 amide bonds. The summed E-state index contributed by atoms with van der Waals surface area (Å²) >= 11 is 0. The maximum Gasteiger partial charge on any atom is 0.0270 e. The summed E-state index contributed by atoms with van der Waals surface area (Å²) in [6.07, 6.45) is 7.45. The maximum absolute atomic E-state index is 4.11. The topological polar surface area (TPSA) is 12.9 Å². The van der Waals surface area contributed by atoms with Crippen LogP contribution in [0.15, 0.2) is 24.5 Å². The van der Waals surface area contributed by atoms with E-state index >= 15 is 0 Å². The van der Waals surface area contributed by atoms with E-state index in [1.54, 1.807) is 0 Å². The molecule has 1 heteroatoms. The Hall–Kier alpha value is -0.850. The van der Waals surface area contributed by atoms with Crippen molar-refractivity contribution in [2.24, 2.45) is 5.41 Å². The highest BCUT2D eigenvalue weighted by atomic mass is 14.6. The van der Waals surface area contributed by atoms with E-state index in [1.165, 1.54) is 24.8 Å². The lowest BCUT2D eigenvalue weighted by Crippen LogP contribution is -2.28. The van der Waals surface area contributed by atoms with Gasteiger partial charge >= 0.3 is 0 Å². The molecular weight excluding hydrogens is 194 g/mol. The van der Waals surface area contributed by atoms with Crippen molar-refractivity contribution < 1.29 is 0 Å². The highest BCUT2D eigenvalue weighted by Gasteiger charge is 2.31. The molecule has 0 N–H and O–H groups in total. The van der Waals surface area contributed by atoms with Gasteiger partial charge in [0.2, 0.25) is 0 Å². The van der Waals surface area contributed by atoms with Crippen molar-refractivity contribution in [1.29, 1.82) is 0 Å². The Morgan fingerprint density at radius 3 is 2.00 bits per heavy atom. The first-order valence-corrected chi connectivity index (χ1v) is 6.34. The molecule has 1 nitrogen and oxygen atoms in total. The molecule has 1 rings (SSSR count). The zero-order valence-corrected chi connectivity index (χ0v) is 11.4. The normalized spacial score (nSPS) is 15.8. The number of rotatable bonds is 5. The molecule has 0 radical (unpaired) electrons. The molecule has 90 valence electrons. The molecule has 0 aliphatic heterocycles.